The predicted octanol–water partition coefficient (Wildman–Crippen LogP) is 7.00. The second-order valence-corrected chi connectivity index (χ2v) is 17.0. The van der Waals surface area contributed by atoms with E-state index in [1.807, 2.05) is 72.8 Å². The third kappa shape index (κ3) is 9.19. The third-order valence-electron chi connectivity index (χ3n) is 9.48. The second kappa shape index (κ2) is 16.4. The van der Waals surface area contributed by atoms with Crippen LogP contribution < -0.4 is 0 Å². The van der Waals surface area contributed by atoms with Crippen molar-refractivity contribution in [1.82, 2.24) is 9.80 Å². The topological polar surface area (TPSA) is 84.0 Å². The van der Waals surface area contributed by atoms with Gasteiger partial charge in [-0.05, 0) is 40.3 Å². The van der Waals surface area contributed by atoms with Crippen molar-refractivity contribution in [1.29, 1.82) is 0 Å². The first-order valence-electron chi connectivity index (χ1n) is 17.1. The van der Waals surface area contributed by atoms with E-state index in [1.54, 1.807) is 6.07 Å². The van der Waals surface area contributed by atoms with E-state index in [9.17, 15) is 21.2 Å². The number of halogens is 1. The summed E-state index contributed by atoms with van der Waals surface area (Å²) in [5.74, 6) is -0.476. The smallest absolute Gasteiger partial charge is 0.267 e. The van der Waals surface area contributed by atoms with Gasteiger partial charge in [-0.15, -0.1) is 0 Å². The average molecular weight is 727 g/mol. The monoisotopic (exact) mass is 726 g/mol. The first kappa shape index (κ1) is 36.6. The van der Waals surface area contributed by atoms with Crippen molar-refractivity contribution in [3.8, 4) is 0 Å². The molecule has 2 saturated heterocycles. The maximum atomic E-state index is 13.9. The largest absolute Gasteiger partial charge is 0.292 e. The van der Waals surface area contributed by atoms with E-state index in [-0.39, 0.29) is 40.3 Å². The summed E-state index contributed by atoms with van der Waals surface area (Å²) >= 11 is 0. The second-order valence-electron chi connectivity index (χ2n) is 13.2. The van der Waals surface area contributed by atoms with E-state index in [1.165, 1.54) is 47.6 Å². The Kier molecular flexibility index (Phi) is 11.8. The summed E-state index contributed by atoms with van der Waals surface area (Å²) in [6, 6.07) is 47.0. The Morgan fingerprint density at radius 3 is 1.24 bits per heavy atom. The molecule has 51 heavy (non-hydrogen) atoms. The lowest BCUT2D eigenvalue weighted by Crippen LogP contribution is -2.51. The minimum atomic E-state index is -3.63. The van der Waals surface area contributed by atoms with Gasteiger partial charge >= 0.3 is 0 Å². The summed E-state index contributed by atoms with van der Waals surface area (Å²) in [5, 5.41) is 0. The predicted molar refractivity (Wildman–Crippen MR) is 199 cm³/mol. The summed E-state index contributed by atoms with van der Waals surface area (Å²) in [5.41, 5.74) is 4.83. The molecule has 2 heterocycles. The van der Waals surface area contributed by atoms with Crippen molar-refractivity contribution in [2.24, 2.45) is 11.8 Å². The van der Waals surface area contributed by atoms with Crippen molar-refractivity contribution < 1.29 is 25.4 Å². The molecular formula is C41H43FN2O5S2. The number of benzene rings is 5. The SMILES string of the molecule is COS(=O)(=O)CC1CN(C(c2ccccc2)c2ccccc2)C1.O=S(=O)(CC1CN(C(c2ccccc2)c2ccccc2)C1)c1ccccc1F. The molecule has 5 aromatic carbocycles. The van der Waals surface area contributed by atoms with E-state index < -0.39 is 25.8 Å². The van der Waals surface area contributed by atoms with E-state index in [0.717, 1.165) is 13.1 Å². The van der Waals surface area contributed by atoms with Crippen molar-refractivity contribution in [3.63, 3.8) is 0 Å². The highest BCUT2D eigenvalue weighted by Crippen LogP contribution is 2.36. The van der Waals surface area contributed by atoms with Gasteiger partial charge in [0.2, 0.25) is 0 Å². The highest BCUT2D eigenvalue weighted by atomic mass is 32.2. The van der Waals surface area contributed by atoms with Crippen LogP contribution in [0.15, 0.2) is 150 Å². The Bertz CT molecular complexity index is 1980. The lowest BCUT2D eigenvalue weighted by Gasteiger charge is -2.44. The number of rotatable bonds is 12. The van der Waals surface area contributed by atoms with E-state index in [2.05, 4.69) is 62.5 Å². The van der Waals surface area contributed by atoms with Crippen molar-refractivity contribution >= 4 is 20.0 Å². The molecule has 0 saturated carbocycles. The van der Waals surface area contributed by atoms with Gasteiger partial charge in [0, 0.05) is 32.1 Å². The molecule has 2 aliphatic heterocycles. The Labute approximate surface area is 301 Å². The normalized spacial score (nSPS) is 15.9. The van der Waals surface area contributed by atoms with Crippen LogP contribution in [0.25, 0.3) is 0 Å². The van der Waals surface area contributed by atoms with Crippen LogP contribution in [0.5, 0.6) is 0 Å². The molecule has 0 aliphatic carbocycles. The van der Waals surface area contributed by atoms with Gasteiger partial charge in [0.1, 0.15) is 10.7 Å². The van der Waals surface area contributed by atoms with E-state index in [4.69, 9.17) is 0 Å². The molecule has 7 nitrogen and oxygen atoms in total. The number of hydrogen-bond acceptors (Lipinski definition) is 7. The molecule has 0 unspecified atom stereocenters. The number of hydrogen-bond donors (Lipinski definition) is 0. The van der Waals surface area contributed by atoms with Gasteiger partial charge in [-0.3, -0.25) is 14.0 Å². The molecule has 7 rings (SSSR count). The van der Waals surface area contributed by atoms with Crippen LogP contribution in [-0.2, 0) is 24.1 Å². The van der Waals surface area contributed by atoms with Gasteiger partial charge in [0.25, 0.3) is 10.1 Å². The quantitative estimate of drug-likeness (QED) is 0.128. The first-order chi connectivity index (χ1) is 24.6. The third-order valence-corrected chi connectivity index (χ3v) is 12.8. The van der Waals surface area contributed by atoms with Gasteiger partial charge in [-0.2, -0.15) is 8.42 Å². The van der Waals surface area contributed by atoms with Crippen LogP contribution in [0, 0.1) is 17.7 Å². The Hall–Kier alpha value is -4.19. The minimum Gasteiger partial charge on any atom is -0.292 e. The zero-order chi connectivity index (χ0) is 35.8. The zero-order valence-electron chi connectivity index (χ0n) is 28.5. The molecule has 5 aromatic rings. The molecule has 2 aliphatic rings. The van der Waals surface area contributed by atoms with Gasteiger partial charge < -0.3 is 0 Å². The van der Waals surface area contributed by atoms with Gasteiger partial charge in [-0.1, -0.05) is 133 Å². The van der Waals surface area contributed by atoms with E-state index in [0.29, 0.717) is 13.1 Å². The highest BCUT2D eigenvalue weighted by Gasteiger charge is 2.38. The van der Waals surface area contributed by atoms with Crippen LogP contribution in [0.1, 0.15) is 34.3 Å². The molecule has 0 atom stereocenters. The number of nitrogens with zero attached hydrogens (tertiary/aromatic N) is 2. The molecule has 266 valence electrons. The standard InChI is InChI=1S/C23H22FNO2S.C18H21NO3S/c24-21-13-7-8-14-22(21)28(26,27)17-18-15-25(16-18)23(19-9-3-1-4-10-19)20-11-5-2-6-12-20;1-22-23(20,21)14-15-12-19(13-15)18(16-8-4-2-5-9-16)17-10-6-3-7-11-17/h1-14,18,23H,15-17H2;2-11,15,18H,12-14H2,1H3. The molecule has 0 bridgehead atoms. The molecule has 0 radical (unpaired) electrons. The average Bonchev–Trinajstić information content (AvgIpc) is 3.12. The number of likely N-dealkylation sites (tertiary alicyclic amines) is 2. The van der Waals surface area contributed by atoms with Gasteiger partial charge in [-0.25, -0.2) is 12.8 Å². The Morgan fingerprint density at radius 1 is 0.549 bits per heavy atom. The molecular weight excluding hydrogens is 684 g/mol. The fraction of sp³-hybridized carbons (Fsp3) is 0.268. The lowest BCUT2D eigenvalue weighted by atomic mass is 9.91. The van der Waals surface area contributed by atoms with Crippen LogP contribution in [0.3, 0.4) is 0 Å². The first-order valence-corrected chi connectivity index (χ1v) is 20.3. The minimum absolute atomic E-state index is 0.000435. The van der Waals surface area contributed by atoms with Crippen molar-refractivity contribution in [3.05, 3.63) is 174 Å². The fourth-order valence-corrected chi connectivity index (χ4v) is 9.66. The van der Waals surface area contributed by atoms with Crippen LogP contribution in [0.4, 0.5) is 4.39 Å². The molecule has 0 N–H and O–H groups in total. The summed E-state index contributed by atoms with van der Waals surface area (Å²) in [6.07, 6.45) is 0. The summed E-state index contributed by atoms with van der Waals surface area (Å²) in [7, 11) is -5.79. The highest BCUT2D eigenvalue weighted by molar-refractivity contribution is 7.91. The molecule has 0 aromatic heterocycles. The molecule has 0 spiro atoms. The summed E-state index contributed by atoms with van der Waals surface area (Å²) in [6.45, 7) is 2.86. The molecule has 10 heteroatoms. The van der Waals surface area contributed by atoms with Crippen LogP contribution in [-0.4, -0.2) is 71.4 Å². The summed E-state index contributed by atoms with van der Waals surface area (Å²) in [4.78, 5) is 4.41. The number of sulfone groups is 1. The van der Waals surface area contributed by atoms with Crippen LogP contribution >= 0.6 is 0 Å². The zero-order valence-corrected chi connectivity index (χ0v) is 30.2. The van der Waals surface area contributed by atoms with Gasteiger partial charge in [0.15, 0.2) is 9.84 Å². The van der Waals surface area contributed by atoms with Crippen molar-refractivity contribution in [2.45, 2.75) is 17.0 Å². The Morgan fingerprint density at radius 2 is 0.882 bits per heavy atom. The van der Waals surface area contributed by atoms with Crippen LogP contribution in [0.2, 0.25) is 0 Å². The fourth-order valence-electron chi connectivity index (χ4n) is 7.08. The maximum Gasteiger partial charge on any atom is 0.267 e. The molecule has 0 amide bonds. The van der Waals surface area contributed by atoms with E-state index >= 15 is 0 Å². The van der Waals surface area contributed by atoms with Gasteiger partial charge in [0.05, 0.1) is 30.7 Å². The maximum absolute atomic E-state index is 13.9. The van der Waals surface area contributed by atoms with Crippen molar-refractivity contribution in [2.75, 3.05) is 44.8 Å². The Balaban J connectivity index is 0.000000179. The lowest BCUT2D eigenvalue weighted by molar-refractivity contribution is 0.0800. The summed E-state index contributed by atoms with van der Waals surface area (Å²) < 4.78 is 66.9. The molecule has 2 fully saturated rings.